The van der Waals surface area contributed by atoms with Gasteiger partial charge in [0.15, 0.2) is 0 Å². The Hall–Kier alpha value is -0.550. The minimum absolute atomic E-state index is 0.0587. The van der Waals surface area contributed by atoms with Crippen molar-refractivity contribution in [3.05, 3.63) is 26.5 Å². The highest BCUT2D eigenvalue weighted by Crippen LogP contribution is 2.38. The van der Waals surface area contributed by atoms with Crippen LogP contribution >= 0.6 is 34.5 Å². The number of halogens is 2. The van der Waals surface area contributed by atoms with E-state index in [4.69, 9.17) is 23.2 Å². The lowest BCUT2D eigenvalue weighted by Crippen LogP contribution is -2.35. The average Bonchev–Trinajstić information content (AvgIpc) is 2.77. The zero-order valence-corrected chi connectivity index (χ0v) is 13.7. The molecule has 0 aliphatic carbocycles. The topological polar surface area (TPSA) is 29.9 Å². The second kappa shape index (κ2) is 5.44. The van der Waals surface area contributed by atoms with Gasteiger partial charge in [-0.1, -0.05) is 23.2 Å². The van der Waals surface area contributed by atoms with Crippen molar-refractivity contribution in [1.82, 2.24) is 15.1 Å². The molecule has 2 rings (SSSR count). The van der Waals surface area contributed by atoms with Crippen molar-refractivity contribution in [3.8, 4) is 11.3 Å². The molecule has 2 aromatic rings. The highest BCUT2D eigenvalue weighted by atomic mass is 35.5. The Labute approximate surface area is 127 Å². The fraction of sp³-hybridized carbons (Fsp3) is 0.462. The molecule has 0 spiro atoms. The molecule has 0 aliphatic rings. The molecule has 1 N–H and O–H groups in total. The van der Waals surface area contributed by atoms with Crippen molar-refractivity contribution >= 4 is 34.5 Å². The van der Waals surface area contributed by atoms with E-state index in [0.717, 1.165) is 23.4 Å². The summed E-state index contributed by atoms with van der Waals surface area (Å²) in [5.41, 5.74) is 2.98. The summed E-state index contributed by atoms with van der Waals surface area (Å²) in [7, 11) is 1.91. The number of nitrogens with zero attached hydrogens (tertiary/aromatic N) is 2. The maximum absolute atomic E-state index is 6.22. The molecule has 0 aromatic carbocycles. The number of hydrogen-bond acceptors (Lipinski definition) is 3. The monoisotopic (exact) mass is 317 g/mol. The van der Waals surface area contributed by atoms with Crippen molar-refractivity contribution in [2.75, 3.05) is 0 Å². The van der Waals surface area contributed by atoms with Crippen molar-refractivity contribution in [2.24, 2.45) is 7.05 Å². The molecule has 0 aliphatic heterocycles. The fourth-order valence-electron chi connectivity index (χ4n) is 1.76. The summed E-state index contributed by atoms with van der Waals surface area (Å²) in [6.07, 6.45) is 2.01. The van der Waals surface area contributed by atoms with E-state index in [1.165, 1.54) is 11.3 Å². The van der Waals surface area contributed by atoms with Crippen molar-refractivity contribution in [3.63, 3.8) is 0 Å². The molecule has 2 aromatic heterocycles. The standard InChI is InChI=1S/C13H17Cl2N3S/c1-13(2,3)16-6-8-7-18(4)17-11(8)9-5-10(14)19-12(9)15/h5,7,16H,6H2,1-4H3. The predicted molar refractivity (Wildman–Crippen MR) is 83.1 cm³/mol. The van der Waals surface area contributed by atoms with Gasteiger partial charge in [0.05, 0.1) is 10.0 Å². The van der Waals surface area contributed by atoms with Gasteiger partial charge in [0.25, 0.3) is 0 Å². The second-order valence-corrected chi connectivity index (χ2v) is 7.80. The third kappa shape index (κ3) is 3.72. The summed E-state index contributed by atoms with van der Waals surface area (Å²) in [5, 5.41) is 7.96. The number of thiophene rings is 1. The number of aryl methyl sites for hydroxylation is 1. The van der Waals surface area contributed by atoms with Crippen LogP contribution in [0.1, 0.15) is 26.3 Å². The molecular weight excluding hydrogens is 301 g/mol. The Morgan fingerprint density at radius 3 is 2.58 bits per heavy atom. The minimum atomic E-state index is 0.0587. The summed E-state index contributed by atoms with van der Waals surface area (Å²) in [6.45, 7) is 7.16. The van der Waals surface area contributed by atoms with Gasteiger partial charge in [-0.2, -0.15) is 5.10 Å². The van der Waals surface area contributed by atoms with Crippen LogP contribution in [0.25, 0.3) is 11.3 Å². The van der Waals surface area contributed by atoms with Gasteiger partial charge in [-0.15, -0.1) is 11.3 Å². The van der Waals surface area contributed by atoms with Crippen LogP contribution in [0.4, 0.5) is 0 Å². The van der Waals surface area contributed by atoms with Crippen molar-refractivity contribution in [2.45, 2.75) is 32.9 Å². The molecule has 0 radical (unpaired) electrons. The highest BCUT2D eigenvalue weighted by molar-refractivity contribution is 7.20. The molecule has 0 amide bonds. The SMILES string of the molecule is Cn1cc(CNC(C)(C)C)c(-c2cc(Cl)sc2Cl)n1. The maximum Gasteiger partial charge on any atom is 0.104 e. The molecule has 2 heterocycles. The van der Waals surface area contributed by atoms with E-state index in [0.29, 0.717) is 8.67 Å². The quantitative estimate of drug-likeness (QED) is 0.912. The maximum atomic E-state index is 6.22. The smallest absolute Gasteiger partial charge is 0.104 e. The Bertz CT molecular complexity index is 581. The molecule has 104 valence electrons. The minimum Gasteiger partial charge on any atom is -0.308 e. The van der Waals surface area contributed by atoms with E-state index < -0.39 is 0 Å². The molecule has 0 unspecified atom stereocenters. The van der Waals surface area contributed by atoms with E-state index in [9.17, 15) is 0 Å². The predicted octanol–water partition coefficient (Wildman–Crippen LogP) is 4.34. The molecule has 0 fully saturated rings. The van der Waals surface area contributed by atoms with Gasteiger partial charge in [-0.05, 0) is 26.8 Å². The fourth-order valence-corrected chi connectivity index (χ4v) is 3.22. The van der Waals surface area contributed by atoms with E-state index in [1.54, 1.807) is 4.68 Å². The van der Waals surface area contributed by atoms with Crippen molar-refractivity contribution in [1.29, 1.82) is 0 Å². The van der Waals surface area contributed by atoms with Crippen LogP contribution in [-0.2, 0) is 13.6 Å². The summed E-state index contributed by atoms with van der Waals surface area (Å²) in [5.74, 6) is 0. The molecular formula is C13H17Cl2N3S. The molecule has 6 heteroatoms. The summed E-state index contributed by atoms with van der Waals surface area (Å²) in [4.78, 5) is 0. The first-order valence-electron chi connectivity index (χ1n) is 5.99. The van der Waals surface area contributed by atoms with Gasteiger partial charge in [0.2, 0.25) is 0 Å². The van der Waals surface area contributed by atoms with Gasteiger partial charge < -0.3 is 5.32 Å². The van der Waals surface area contributed by atoms with E-state index in [1.807, 2.05) is 19.3 Å². The molecule has 3 nitrogen and oxygen atoms in total. The van der Waals surface area contributed by atoms with Crippen LogP contribution in [0, 0.1) is 0 Å². The number of hydrogen-bond donors (Lipinski definition) is 1. The van der Waals surface area contributed by atoms with Gasteiger partial charge >= 0.3 is 0 Å². The number of aromatic nitrogens is 2. The van der Waals surface area contributed by atoms with Crippen LogP contribution in [0.3, 0.4) is 0 Å². The Morgan fingerprint density at radius 2 is 2.05 bits per heavy atom. The van der Waals surface area contributed by atoms with Gasteiger partial charge in [-0.25, -0.2) is 0 Å². The van der Waals surface area contributed by atoms with Gasteiger partial charge in [-0.3, -0.25) is 4.68 Å². The van der Waals surface area contributed by atoms with Gasteiger partial charge in [0.1, 0.15) is 4.34 Å². The Balaban J connectivity index is 2.33. The number of nitrogens with one attached hydrogen (secondary N) is 1. The first-order chi connectivity index (χ1) is 8.76. The largest absolute Gasteiger partial charge is 0.308 e. The number of rotatable bonds is 3. The van der Waals surface area contributed by atoms with Crippen LogP contribution < -0.4 is 5.32 Å². The lowest BCUT2D eigenvalue weighted by Gasteiger charge is -2.20. The van der Waals surface area contributed by atoms with E-state index in [-0.39, 0.29) is 5.54 Å². The van der Waals surface area contributed by atoms with Crippen LogP contribution in [0.5, 0.6) is 0 Å². The third-order valence-electron chi connectivity index (χ3n) is 2.63. The van der Waals surface area contributed by atoms with Crippen LogP contribution in [0.2, 0.25) is 8.67 Å². The Kier molecular flexibility index (Phi) is 4.26. The van der Waals surface area contributed by atoms with Crippen molar-refractivity contribution < 1.29 is 0 Å². The lowest BCUT2D eigenvalue weighted by molar-refractivity contribution is 0.424. The lowest BCUT2D eigenvalue weighted by atomic mass is 10.1. The average molecular weight is 318 g/mol. The van der Waals surface area contributed by atoms with Gasteiger partial charge in [0, 0.05) is 36.5 Å². The van der Waals surface area contributed by atoms with Crippen LogP contribution in [-0.4, -0.2) is 15.3 Å². The van der Waals surface area contributed by atoms with Crippen LogP contribution in [0.15, 0.2) is 12.3 Å². The first-order valence-corrected chi connectivity index (χ1v) is 7.56. The first kappa shape index (κ1) is 14.9. The summed E-state index contributed by atoms with van der Waals surface area (Å²) in [6, 6.07) is 1.87. The summed E-state index contributed by atoms with van der Waals surface area (Å²) >= 11 is 13.6. The molecule has 0 atom stereocenters. The normalized spacial score (nSPS) is 12.1. The zero-order valence-electron chi connectivity index (χ0n) is 11.4. The summed E-state index contributed by atoms with van der Waals surface area (Å²) < 4.78 is 3.16. The third-order valence-corrected chi connectivity index (χ3v) is 4.11. The highest BCUT2D eigenvalue weighted by Gasteiger charge is 2.17. The Morgan fingerprint density at radius 1 is 1.37 bits per heavy atom. The molecule has 0 saturated carbocycles. The zero-order chi connectivity index (χ0) is 14.2. The molecule has 19 heavy (non-hydrogen) atoms. The molecule has 0 saturated heterocycles. The molecule has 0 bridgehead atoms. The van der Waals surface area contributed by atoms with E-state index in [2.05, 4.69) is 31.2 Å². The second-order valence-electron chi connectivity index (χ2n) is 5.52. The van der Waals surface area contributed by atoms with E-state index >= 15 is 0 Å².